The maximum Gasteiger partial charge on any atom is 0.224 e. The van der Waals surface area contributed by atoms with Gasteiger partial charge < -0.3 is 24.4 Å². The second-order valence-corrected chi connectivity index (χ2v) is 11.5. The number of hydrogen-bond acceptors (Lipinski definition) is 7. The molecule has 38 heavy (non-hydrogen) atoms. The van der Waals surface area contributed by atoms with Crippen LogP contribution in [0.3, 0.4) is 0 Å². The number of morpholine rings is 1. The first-order valence-corrected chi connectivity index (χ1v) is 14.0. The van der Waals surface area contributed by atoms with Gasteiger partial charge in [-0.1, -0.05) is 70.0 Å². The summed E-state index contributed by atoms with van der Waals surface area (Å²) in [6.45, 7) is 3.16. The molecular formula is C29H30BrClN2O5. The molecule has 5 atom stereocenters. The van der Waals surface area contributed by atoms with Crippen LogP contribution in [0.1, 0.15) is 22.6 Å². The van der Waals surface area contributed by atoms with Gasteiger partial charge in [0.05, 0.1) is 25.9 Å². The highest BCUT2D eigenvalue weighted by atomic mass is 79.9. The number of rotatable bonds is 6. The van der Waals surface area contributed by atoms with Gasteiger partial charge in [-0.3, -0.25) is 4.90 Å². The highest BCUT2D eigenvalue weighted by Crippen LogP contribution is 2.71. The Morgan fingerprint density at radius 1 is 1.13 bits per heavy atom. The van der Waals surface area contributed by atoms with Crippen molar-refractivity contribution in [2.24, 2.45) is 11.8 Å². The number of aliphatic hydroxyl groups excluding tert-OH is 1. The summed E-state index contributed by atoms with van der Waals surface area (Å²) in [5, 5.41) is 24.5. The molecule has 1 aromatic heterocycles. The molecule has 6 rings (SSSR count). The van der Waals surface area contributed by atoms with Crippen LogP contribution in [0.15, 0.2) is 65.1 Å². The van der Waals surface area contributed by atoms with Gasteiger partial charge in [-0.25, -0.2) is 4.98 Å². The van der Waals surface area contributed by atoms with Crippen molar-refractivity contribution in [2.45, 2.75) is 17.1 Å². The van der Waals surface area contributed by atoms with E-state index in [9.17, 15) is 10.2 Å². The first kappa shape index (κ1) is 26.0. The molecule has 2 N–H and O–H groups in total. The average molecular weight is 602 g/mol. The summed E-state index contributed by atoms with van der Waals surface area (Å²) in [5.41, 5.74) is -0.618. The van der Waals surface area contributed by atoms with E-state index in [4.69, 9.17) is 25.8 Å². The van der Waals surface area contributed by atoms with Gasteiger partial charge in [0.2, 0.25) is 5.88 Å². The molecule has 9 heteroatoms. The fourth-order valence-corrected chi connectivity index (χ4v) is 7.39. The molecule has 2 aromatic carbocycles. The molecule has 0 amide bonds. The van der Waals surface area contributed by atoms with Crippen LogP contribution in [0.5, 0.6) is 11.6 Å². The largest absolute Gasteiger partial charge is 0.481 e. The van der Waals surface area contributed by atoms with Crippen molar-refractivity contribution in [1.29, 1.82) is 0 Å². The van der Waals surface area contributed by atoms with Crippen molar-refractivity contribution in [2.75, 3.05) is 46.6 Å². The van der Waals surface area contributed by atoms with E-state index in [0.717, 1.165) is 28.7 Å². The van der Waals surface area contributed by atoms with Gasteiger partial charge >= 0.3 is 0 Å². The average Bonchev–Trinajstić information content (AvgIpc) is 3.31. The fourth-order valence-electron chi connectivity index (χ4n) is 6.95. The normalized spacial score (nSPS) is 30.5. The van der Waals surface area contributed by atoms with Crippen LogP contribution < -0.4 is 9.47 Å². The van der Waals surface area contributed by atoms with Crippen molar-refractivity contribution in [3.8, 4) is 11.6 Å². The summed E-state index contributed by atoms with van der Waals surface area (Å²) in [6, 6.07) is 19.5. The SMILES string of the molecule is COc1nc(Cl)cc2c1[C@]1(O)[C@@H](CN3CCOCC3)[C@H](CO)[C@@H](c3ccccc3)[C@]1(c1ccc(Br)cc1)O2. The molecule has 2 aliphatic heterocycles. The van der Waals surface area contributed by atoms with Gasteiger partial charge in [0, 0.05) is 54.5 Å². The maximum atomic E-state index is 13.3. The molecule has 0 unspecified atom stereocenters. The molecule has 2 fully saturated rings. The standard InChI is InChI=1S/C29H30BrClN2O5/c1-36-27-26-23(15-24(31)32-27)38-29(19-7-9-20(30)10-8-19)25(18-5-3-2-4-6-18)21(17-34)22(28(26,29)35)16-33-11-13-37-14-12-33/h2-10,15,21-22,25,34-35H,11-14,16-17H2,1H3/t21-,22-,25+,28+,29-/m0/s1. The van der Waals surface area contributed by atoms with Gasteiger partial charge in [-0.15, -0.1) is 0 Å². The molecular weight excluding hydrogens is 572 g/mol. The van der Waals surface area contributed by atoms with Gasteiger partial charge in [0.25, 0.3) is 0 Å². The Labute approximate surface area is 235 Å². The van der Waals surface area contributed by atoms with Crippen molar-refractivity contribution >= 4 is 27.5 Å². The number of fused-ring (bicyclic) bond motifs is 3. The molecule has 200 valence electrons. The minimum atomic E-state index is -1.59. The molecule has 3 heterocycles. The number of methoxy groups -OCH3 is 1. The lowest BCUT2D eigenvalue weighted by atomic mass is 9.70. The van der Waals surface area contributed by atoms with Gasteiger partial charge in [0.1, 0.15) is 16.5 Å². The van der Waals surface area contributed by atoms with Crippen molar-refractivity contribution in [3.63, 3.8) is 0 Å². The monoisotopic (exact) mass is 600 g/mol. The summed E-state index contributed by atoms with van der Waals surface area (Å²) in [7, 11) is 1.52. The molecule has 0 spiro atoms. The van der Waals surface area contributed by atoms with Crippen LogP contribution in [0.2, 0.25) is 5.15 Å². The van der Waals surface area contributed by atoms with Crippen LogP contribution >= 0.6 is 27.5 Å². The third kappa shape index (κ3) is 3.80. The summed E-state index contributed by atoms with van der Waals surface area (Å²) < 4.78 is 19.2. The number of benzene rings is 2. The van der Waals surface area contributed by atoms with Gasteiger partial charge in [0.15, 0.2) is 5.60 Å². The van der Waals surface area contributed by atoms with E-state index >= 15 is 0 Å². The molecule has 0 bridgehead atoms. The van der Waals surface area contributed by atoms with Gasteiger partial charge in [-0.05, 0) is 23.3 Å². The highest BCUT2D eigenvalue weighted by Gasteiger charge is 2.76. The van der Waals surface area contributed by atoms with Crippen molar-refractivity contribution < 1.29 is 24.4 Å². The van der Waals surface area contributed by atoms with Crippen molar-refractivity contribution in [1.82, 2.24) is 9.88 Å². The number of aliphatic hydroxyl groups is 2. The van der Waals surface area contributed by atoms with Crippen LogP contribution in [0.25, 0.3) is 0 Å². The fraction of sp³-hybridized carbons (Fsp3) is 0.414. The van der Waals surface area contributed by atoms with E-state index in [-0.39, 0.29) is 29.5 Å². The minimum absolute atomic E-state index is 0.128. The summed E-state index contributed by atoms with van der Waals surface area (Å²) >= 11 is 9.95. The molecule has 1 aliphatic carbocycles. The third-order valence-corrected chi connectivity index (χ3v) is 9.17. The number of hydrogen-bond donors (Lipinski definition) is 2. The molecule has 7 nitrogen and oxygen atoms in total. The van der Waals surface area contributed by atoms with E-state index in [0.29, 0.717) is 31.1 Å². The van der Waals surface area contributed by atoms with E-state index in [1.54, 1.807) is 6.07 Å². The third-order valence-electron chi connectivity index (χ3n) is 8.45. The van der Waals surface area contributed by atoms with Crippen LogP contribution in [0.4, 0.5) is 0 Å². The number of ether oxygens (including phenoxy) is 3. The molecule has 3 aromatic rings. The zero-order valence-corrected chi connectivity index (χ0v) is 23.4. The van der Waals surface area contributed by atoms with E-state index in [1.165, 1.54) is 7.11 Å². The lowest BCUT2D eigenvalue weighted by Gasteiger charge is -2.42. The number of nitrogens with zero attached hydrogens (tertiary/aromatic N) is 2. The Morgan fingerprint density at radius 3 is 2.50 bits per heavy atom. The number of aromatic nitrogens is 1. The maximum absolute atomic E-state index is 13.3. The highest BCUT2D eigenvalue weighted by molar-refractivity contribution is 9.10. The Kier molecular flexibility index (Phi) is 6.91. The summed E-state index contributed by atoms with van der Waals surface area (Å²) in [5.74, 6) is -0.468. The smallest absolute Gasteiger partial charge is 0.224 e. The lowest BCUT2D eigenvalue weighted by molar-refractivity contribution is -0.135. The summed E-state index contributed by atoms with van der Waals surface area (Å²) in [4.78, 5) is 6.73. The van der Waals surface area contributed by atoms with Gasteiger partial charge in [-0.2, -0.15) is 0 Å². The topological polar surface area (TPSA) is 84.3 Å². The zero-order chi connectivity index (χ0) is 26.5. The Hall–Kier alpha value is -2.20. The Bertz CT molecular complexity index is 1310. The molecule has 1 saturated heterocycles. The molecule has 1 saturated carbocycles. The predicted octanol–water partition coefficient (Wildman–Crippen LogP) is 4.34. The quantitative estimate of drug-likeness (QED) is 0.407. The minimum Gasteiger partial charge on any atom is -0.481 e. The van der Waals surface area contributed by atoms with E-state index < -0.39 is 17.1 Å². The lowest BCUT2D eigenvalue weighted by Crippen LogP contribution is -2.53. The summed E-state index contributed by atoms with van der Waals surface area (Å²) in [6.07, 6.45) is 0. The second-order valence-electron chi connectivity index (χ2n) is 10.2. The second kappa shape index (κ2) is 10.1. The van der Waals surface area contributed by atoms with E-state index in [2.05, 4.69) is 25.8 Å². The van der Waals surface area contributed by atoms with Crippen LogP contribution in [0, 0.1) is 11.8 Å². The van der Waals surface area contributed by atoms with Crippen LogP contribution in [-0.4, -0.2) is 66.7 Å². The Balaban J connectivity index is 1.66. The van der Waals surface area contributed by atoms with Crippen LogP contribution in [-0.2, 0) is 15.9 Å². The molecule has 0 radical (unpaired) electrons. The molecule has 3 aliphatic rings. The first-order chi connectivity index (χ1) is 18.4. The number of halogens is 2. The predicted molar refractivity (Wildman–Crippen MR) is 147 cm³/mol. The Morgan fingerprint density at radius 2 is 1.84 bits per heavy atom. The number of pyridine rings is 1. The van der Waals surface area contributed by atoms with Crippen molar-refractivity contribution in [3.05, 3.63) is 87.0 Å². The first-order valence-electron chi connectivity index (χ1n) is 12.8. The zero-order valence-electron chi connectivity index (χ0n) is 21.0. The van der Waals surface area contributed by atoms with E-state index in [1.807, 2.05) is 54.6 Å².